The number of aryl methyl sites for hydroxylation is 5. The second kappa shape index (κ2) is 28.1. The number of rotatable bonds is 12. The van der Waals surface area contributed by atoms with Gasteiger partial charge in [0.2, 0.25) is 0 Å². The Morgan fingerprint density at radius 2 is 0.625 bits per heavy atom. The lowest BCUT2D eigenvalue weighted by Gasteiger charge is -2.37. The van der Waals surface area contributed by atoms with Gasteiger partial charge < -0.3 is 0 Å². The first kappa shape index (κ1) is 51.0. The standard InChI is InChI=1S/C16H30.C16H24.C16H18.C14H16N2/c3*1-3-13-5-9-15(10-6-13)16-11-7-14(4-2)8-12-16;1-3-11-5-7-13(8-6-11)14-15-9-12(4-2)10-16-14/h13-16H,3-12H2,1-2H3;5-6,9-10,14,16H,3-4,7-8,11-12H2,1-2H3;5-12H,3-4H2,1-2H3;5-10H,3-4H2,1-2H3. The summed E-state index contributed by atoms with van der Waals surface area (Å²) in [5.41, 5.74) is 12.0. The molecule has 0 bridgehead atoms. The van der Waals surface area contributed by atoms with Gasteiger partial charge in [-0.05, 0) is 163 Å². The molecular formula is C62H88N2. The van der Waals surface area contributed by atoms with Gasteiger partial charge in [-0.15, -0.1) is 0 Å². The maximum absolute atomic E-state index is 4.36. The Morgan fingerprint density at radius 3 is 0.938 bits per heavy atom. The van der Waals surface area contributed by atoms with Gasteiger partial charge in [0.1, 0.15) is 0 Å². The van der Waals surface area contributed by atoms with Gasteiger partial charge in [-0.25, -0.2) is 9.97 Å². The van der Waals surface area contributed by atoms with Crippen molar-refractivity contribution in [3.05, 3.63) is 143 Å². The van der Waals surface area contributed by atoms with Crippen LogP contribution in [0.15, 0.2) is 109 Å². The Balaban J connectivity index is 0.000000161. The minimum Gasteiger partial charge on any atom is -0.236 e. The molecule has 0 N–H and O–H groups in total. The molecule has 0 atom stereocenters. The average molecular weight is 861 g/mol. The smallest absolute Gasteiger partial charge is 0.159 e. The number of benzene rings is 4. The SMILES string of the molecule is CCC1CCC(C2CCC(CC)CC2)CC1.CCc1ccc(-c2ccc(CC)cc2)cc1.CCc1ccc(-c2ncc(CC)cn2)cc1.CCc1ccc(C2CCC(CC)CC2)cc1. The predicted molar refractivity (Wildman–Crippen MR) is 279 cm³/mol. The number of aromatic nitrogens is 2. The van der Waals surface area contributed by atoms with E-state index in [0.29, 0.717) is 0 Å². The Bertz CT molecular complexity index is 1730. The van der Waals surface area contributed by atoms with Crippen molar-refractivity contribution in [2.45, 2.75) is 190 Å². The first-order valence-electron chi connectivity index (χ1n) is 26.5. The van der Waals surface area contributed by atoms with E-state index in [2.05, 4.69) is 162 Å². The van der Waals surface area contributed by atoms with Crippen molar-refractivity contribution in [2.75, 3.05) is 0 Å². The summed E-state index contributed by atoms with van der Waals surface area (Å²) in [5.74, 6) is 7.02. The highest BCUT2D eigenvalue weighted by atomic mass is 14.9. The van der Waals surface area contributed by atoms with Crippen LogP contribution >= 0.6 is 0 Å². The van der Waals surface area contributed by atoms with Crippen LogP contribution in [0.25, 0.3) is 22.5 Å². The Kier molecular flexibility index (Phi) is 22.4. The van der Waals surface area contributed by atoms with Crippen molar-refractivity contribution >= 4 is 0 Å². The molecule has 0 radical (unpaired) electrons. The molecule has 3 aliphatic carbocycles. The normalized spacial score (nSPS) is 21.8. The summed E-state index contributed by atoms with van der Waals surface area (Å²) in [5, 5.41) is 0. The molecule has 1 heterocycles. The fourth-order valence-electron chi connectivity index (χ4n) is 10.5. The number of hydrogen-bond donors (Lipinski definition) is 0. The van der Waals surface area contributed by atoms with Gasteiger partial charge in [-0.3, -0.25) is 0 Å². The highest BCUT2D eigenvalue weighted by Crippen LogP contribution is 2.42. The van der Waals surface area contributed by atoms with Crippen LogP contribution in [0.3, 0.4) is 0 Å². The minimum atomic E-state index is 0.805. The van der Waals surface area contributed by atoms with Gasteiger partial charge in [-0.1, -0.05) is 197 Å². The highest BCUT2D eigenvalue weighted by molar-refractivity contribution is 5.64. The van der Waals surface area contributed by atoms with E-state index in [1.807, 2.05) is 12.4 Å². The lowest BCUT2D eigenvalue weighted by molar-refractivity contribution is 0.144. The van der Waals surface area contributed by atoms with Crippen LogP contribution in [0, 0.1) is 29.6 Å². The van der Waals surface area contributed by atoms with Crippen molar-refractivity contribution in [3.8, 4) is 22.5 Å². The van der Waals surface area contributed by atoms with Gasteiger partial charge in [0.25, 0.3) is 0 Å². The van der Waals surface area contributed by atoms with E-state index in [9.17, 15) is 0 Å². The van der Waals surface area contributed by atoms with Crippen LogP contribution in [-0.2, 0) is 32.1 Å². The van der Waals surface area contributed by atoms with Crippen LogP contribution in [0.4, 0.5) is 0 Å². The summed E-state index contributed by atoms with van der Waals surface area (Å²) in [6, 6.07) is 35.4. The monoisotopic (exact) mass is 861 g/mol. The quantitative estimate of drug-likeness (QED) is 0.125. The van der Waals surface area contributed by atoms with E-state index in [0.717, 1.165) is 79.0 Å². The molecule has 0 amide bonds. The van der Waals surface area contributed by atoms with E-state index < -0.39 is 0 Å². The molecular weight excluding hydrogens is 773 g/mol. The maximum Gasteiger partial charge on any atom is 0.159 e. The Hall–Kier alpha value is -4.04. The topological polar surface area (TPSA) is 25.8 Å². The zero-order valence-corrected chi connectivity index (χ0v) is 41.9. The lowest BCUT2D eigenvalue weighted by atomic mass is 9.68. The summed E-state index contributed by atoms with van der Waals surface area (Å²) in [7, 11) is 0. The molecule has 0 aliphatic heterocycles. The third-order valence-electron chi connectivity index (χ3n) is 15.7. The van der Waals surface area contributed by atoms with Crippen LogP contribution in [0.1, 0.15) is 191 Å². The lowest BCUT2D eigenvalue weighted by Crippen LogP contribution is -2.25. The number of hydrogen-bond acceptors (Lipinski definition) is 2. The second-order valence-corrected chi connectivity index (χ2v) is 19.5. The highest BCUT2D eigenvalue weighted by Gasteiger charge is 2.30. The van der Waals surface area contributed by atoms with Gasteiger partial charge >= 0.3 is 0 Å². The molecule has 1 aromatic heterocycles. The predicted octanol–water partition coefficient (Wildman–Crippen LogP) is 18.1. The summed E-state index contributed by atoms with van der Waals surface area (Å²) >= 11 is 0. The summed E-state index contributed by atoms with van der Waals surface area (Å²) in [6.45, 7) is 17.9. The fourth-order valence-corrected chi connectivity index (χ4v) is 10.5. The van der Waals surface area contributed by atoms with E-state index in [1.165, 1.54) is 110 Å². The van der Waals surface area contributed by atoms with Crippen LogP contribution in [0.2, 0.25) is 0 Å². The molecule has 2 nitrogen and oxygen atoms in total. The van der Waals surface area contributed by atoms with E-state index >= 15 is 0 Å². The molecule has 5 aromatic rings. The maximum atomic E-state index is 4.36. The Labute approximate surface area is 393 Å². The van der Waals surface area contributed by atoms with Crippen molar-refractivity contribution in [1.82, 2.24) is 9.97 Å². The summed E-state index contributed by atoms with van der Waals surface area (Å²) in [4.78, 5) is 8.73. The average Bonchev–Trinajstić information content (AvgIpc) is 3.39. The van der Waals surface area contributed by atoms with Crippen molar-refractivity contribution < 1.29 is 0 Å². The van der Waals surface area contributed by atoms with Crippen molar-refractivity contribution in [3.63, 3.8) is 0 Å². The van der Waals surface area contributed by atoms with E-state index in [4.69, 9.17) is 0 Å². The zero-order chi connectivity index (χ0) is 45.5. The molecule has 0 spiro atoms. The van der Waals surface area contributed by atoms with Crippen molar-refractivity contribution in [1.29, 1.82) is 0 Å². The zero-order valence-electron chi connectivity index (χ0n) is 41.9. The number of nitrogens with zero attached hydrogens (tertiary/aromatic N) is 2. The largest absolute Gasteiger partial charge is 0.236 e. The molecule has 4 aromatic carbocycles. The molecule has 0 unspecified atom stereocenters. The molecule has 8 rings (SSSR count). The van der Waals surface area contributed by atoms with Crippen LogP contribution < -0.4 is 0 Å². The molecule has 2 heteroatoms. The van der Waals surface area contributed by atoms with Gasteiger partial charge in [0.15, 0.2) is 5.82 Å². The summed E-state index contributed by atoms with van der Waals surface area (Å²) in [6.07, 6.45) is 31.5. The Morgan fingerprint density at radius 1 is 0.328 bits per heavy atom. The molecule has 346 valence electrons. The van der Waals surface area contributed by atoms with Gasteiger partial charge in [0, 0.05) is 18.0 Å². The van der Waals surface area contributed by atoms with E-state index in [-0.39, 0.29) is 0 Å². The summed E-state index contributed by atoms with van der Waals surface area (Å²) < 4.78 is 0. The second-order valence-electron chi connectivity index (χ2n) is 19.5. The molecule has 0 saturated heterocycles. The molecule has 3 aliphatic rings. The fraction of sp³-hybridized carbons (Fsp3) is 0.548. The minimum absolute atomic E-state index is 0.805. The third-order valence-corrected chi connectivity index (χ3v) is 15.7. The third kappa shape index (κ3) is 16.1. The van der Waals surface area contributed by atoms with Gasteiger partial charge in [-0.2, -0.15) is 0 Å². The van der Waals surface area contributed by atoms with Gasteiger partial charge in [0.05, 0.1) is 0 Å². The molecule has 64 heavy (non-hydrogen) atoms. The van der Waals surface area contributed by atoms with Crippen molar-refractivity contribution in [2.24, 2.45) is 29.6 Å². The van der Waals surface area contributed by atoms with Crippen LogP contribution in [-0.4, -0.2) is 9.97 Å². The molecule has 3 fully saturated rings. The first-order chi connectivity index (χ1) is 31.3. The molecule has 3 saturated carbocycles. The van der Waals surface area contributed by atoms with E-state index in [1.54, 1.807) is 31.2 Å². The van der Waals surface area contributed by atoms with Crippen LogP contribution in [0.5, 0.6) is 0 Å². The first-order valence-corrected chi connectivity index (χ1v) is 26.5.